The lowest BCUT2D eigenvalue weighted by molar-refractivity contribution is -0.139. The fourth-order valence-corrected chi connectivity index (χ4v) is 8.11. The van der Waals surface area contributed by atoms with Gasteiger partial charge in [0.2, 0.25) is 0 Å². The van der Waals surface area contributed by atoms with Crippen molar-refractivity contribution < 1.29 is 4.79 Å². The van der Waals surface area contributed by atoms with E-state index in [4.69, 9.17) is 0 Å². The van der Waals surface area contributed by atoms with Crippen LogP contribution in [0.3, 0.4) is 0 Å². The molecule has 0 radical (unpaired) electrons. The first kappa shape index (κ1) is 17.1. The molecule has 136 valence electrons. The van der Waals surface area contributed by atoms with E-state index in [0.717, 1.165) is 36.5 Å². The van der Waals surface area contributed by atoms with Crippen LogP contribution in [-0.4, -0.2) is 18.9 Å². The topological polar surface area (TPSA) is 29.1 Å². The van der Waals surface area contributed by atoms with Crippen molar-refractivity contribution in [2.75, 3.05) is 7.05 Å². The molecule has 0 spiro atoms. The molecule has 4 aliphatic carbocycles. The second-order valence-corrected chi connectivity index (χ2v) is 10.2. The van der Waals surface area contributed by atoms with Gasteiger partial charge in [0.15, 0.2) is 0 Å². The van der Waals surface area contributed by atoms with Gasteiger partial charge in [-0.05, 0) is 99.3 Å². The Labute approximate surface area is 148 Å². The molecule has 0 amide bonds. The first-order valence-corrected chi connectivity index (χ1v) is 10.6. The van der Waals surface area contributed by atoms with Crippen LogP contribution in [0.25, 0.3) is 0 Å². The highest BCUT2D eigenvalue weighted by Gasteiger charge is 2.60. The summed E-state index contributed by atoms with van der Waals surface area (Å²) in [4.78, 5) is 12.0. The summed E-state index contributed by atoms with van der Waals surface area (Å²) in [5.41, 5.74) is 1.02. The van der Waals surface area contributed by atoms with Gasteiger partial charge >= 0.3 is 0 Å². The second-order valence-electron chi connectivity index (χ2n) is 10.2. The number of hydrogen-bond donors (Lipinski definition) is 1. The zero-order valence-electron chi connectivity index (χ0n) is 16.2. The summed E-state index contributed by atoms with van der Waals surface area (Å²) in [5, 5.41) is 3.56. The van der Waals surface area contributed by atoms with Gasteiger partial charge in [0, 0.05) is 18.9 Å². The minimum absolute atomic E-state index is 0.463. The van der Waals surface area contributed by atoms with Crippen molar-refractivity contribution >= 4 is 5.78 Å². The van der Waals surface area contributed by atoms with E-state index in [1.54, 1.807) is 0 Å². The van der Waals surface area contributed by atoms with Crippen molar-refractivity contribution in [1.82, 2.24) is 5.32 Å². The van der Waals surface area contributed by atoms with Crippen molar-refractivity contribution in [3.63, 3.8) is 0 Å². The first-order valence-electron chi connectivity index (χ1n) is 10.6. The van der Waals surface area contributed by atoms with Gasteiger partial charge in [0.25, 0.3) is 0 Å². The minimum atomic E-state index is 0.463. The van der Waals surface area contributed by atoms with Crippen LogP contribution >= 0.6 is 0 Å². The van der Waals surface area contributed by atoms with Gasteiger partial charge in [-0.1, -0.05) is 13.8 Å². The standard InChI is InChI=1S/C22H37NO/c1-14(23-4)18-7-8-19-17-6-5-15-13-16(24)9-11-21(15,2)20(17)10-12-22(18,19)3/h14-15,17-20,23H,5-13H2,1-4H3/t14-,15+,17+,18-,19+,20+,21+,22-/m1/s1. The number of fused-ring (bicyclic) bond motifs is 5. The molecule has 0 saturated heterocycles. The van der Waals surface area contributed by atoms with Crippen LogP contribution in [0.2, 0.25) is 0 Å². The minimum Gasteiger partial charge on any atom is -0.317 e. The molecule has 0 aromatic heterocycles. The monoisotopic (exact) mass is 331 g/mol. The third-order valence-corrected chi connectivity index (χ3v) is 9.61. The van der Waals surface area contributed by atoms with Crippen LogP contribution in [-0.2, 0) is 4.79 Å². The first-order chi connectivity index (χ1) is 11.4. The lowest BCUT2D eigenvalue weighted by Gasteiger charge is -2.60. The third-order valence-electron chi connectivity index (χ3n) is 9.61. The molecule has 24 heavy (non-hydrogen) atoms. The summed E-state index contributed by atoms with van der Waals surface area (Å²) in [7, 11) is 2.14. The smallest absolute Gasteiger partial charge is 0.133 e. The fourth-order valence-electron chi connectivity index (χ4n) is 8.11. The summed E-state index contributed by atoms with van der Waals surface area (Å²) in [6.07, 6.45) is 11.4. The molecule has 0 heterocycles. The van der Waals surface area contributed by atoms with E-state index >= 15 is 0 Å². The van der Waals surface area contributed by atoms with Crippen LogP contribution in [0.4, 0.5) is 0 Å². The van der Waals surface area contributed by atoms with E-state index in [2.05, 4.69) is 33.1 Å². The molecule has 0 aliphatic heterocycles. The maximum absolute atomic E-state index is 12.0. The molecule has 0 aromatic rings. The van der Waals surface area contributed by atoms with Gasteiger partial charge in [-0.15, -0.1) is 0 Å². The van der Waals surface area contributed by atoms with E-state index in [0.29, 0.717) is 28.6 Å². The lowest BCUT2D eigenvalue weighted by Crippen LogP contribution is -2.54. The Morgan fingerprint density at radius 1 is 1.00 bits per heavy atom. The molecule has 0 bridgehead atoms. The van der Waals surface area contributed by atoms with Gasteiger partial charge in [0.05, 0.1) is 0 Å². The normalized spacial score (nSPS) is 52.3. The fraction of sp³-hybridized carbons (Fsp3) is 0.955. The summed E-state index contributed by atoms with van der Waals surface area (Å²) in [6, 6.07) is 0.649. The number of rotatable bonds is 2. The lowest BCUT2D eigenvalue weighted by atomic mass is 9.44. The van der Waals surface area contributed by atoms with E-state index in [-0.39, 0.29) is 0 Å². The summed E-state index contributed by atoms with van der Waals surface area (Å²) in [5.74, 6) is 4.86. The largest absolute Gasteiger partial charge is 0.317 e. The van der Waals surface area contributed by atoms with E-state index in [1.807, 2.05) is 0 Å². The molecule has 0 unspecified atom stereocenters. The Hall–Kier alpha value is -0.370. The average molecular weight is 332 g/mol. The maximum Gasteiger partial charge on any atom is 0.133 e. The Kier molecular flexibility index (Phi) is 4.14. The highest BCUT2D eigenvalue weighted by Crippen LogP contribution is 2.67. The van der Waals surface area contributed by atoms with Crippen LogP contribution in [0.5, 0.6) is 0 Å². The van der Waals surface area contributed by atoms with Gasteiger partial charge in [-0.3, -0.25) is 4.79 Å². The van der Waals surface area contributed by atoms with Gasteiger partial charge in [0.1, 0.15) is 5.78 Å². The Balaban J connectivity index is 1.60. The number of ketones is 1. The van der Waals surface area contributed by atoms with Crippen LogP contribution in [0, 0.1) is 40.4 Å². The Morgan fingerprint density at radius 2 is 1.75 bits per heavy atom. The molecule has 0 aromatic carbocycles. The van der Waals surface area contributed by atoms with Crippen LogP contribution in [0.1, 0.15) is 78.6 Å². The molecule has 4 fully saturated rings. The van der Waals surface area contributed by atoms with Crippen molar-refractivity contribution in [1.29, 1.82) is 0 Å². The number of carbonyl (C=O) groups excluding carboxylic acids is 1. The predicted molar refractivity (Wildman–Crippen MR) is 98.7 cm³/mol. The average Bonchev–Trinajstić information content (AvgIpc) is 2.92. The summed E-state index contributed by atoms with van der Waals surface area (Å²) < 4.78 is 0. The molecular weight excluding hydrogens is 294 g/mol. The zero-order valence-corrected chi connectivity index (χ0v) is 16.2. The molecule has 4 rings (SSSR count). The number of Topliss-reactive ketones (excluding diaryl/α,β-unsaturated/α-hetero) is 1. The van der Waals surface area contributed by atoms with Crippen molar-refractivity contribution in [2.45, 2.75) is 84.6 Å². The molecule has 4 aliphatic rings. The zero-order chi connectivity index (χ0) is 17.1. The molecule has 1 N–H and O–H groups in total. The van der Waals surface area contributed by atoms with Crippen molar-refractivity contribution in [3.8, 4) is 0 Å². The molecular formula is C22H37NO. The number of hydrogen-bond acceptors (Lipinski definition) is 2. The van der Waals surface area contributed by atoms with Gasteiger partial charge < -0.3 is 5.32 Å². The van der Waals surface area contributed by atoms with Crippen molar-refractivity contribution in [3.05, 3.63) is 0 Å². The Bertz CT molecular complexity index is 516. The van der Waals surface area contributed by atoms with Crippen molar-refractivity contribution in [2.24, 2.45) is 40.4 Å². The van der Waals surface area contributed by atoms with E-state index in [1.165, 1.54) is 44.9 Å². The third kappa shape index (κ3) is 2.27. The molecule has 8 atom stereocenters. The maximum atomic E-state index is 12.0. The highest BCUT2D eigenvalue weighted by molar-refractivity contribution is 5.79. The van der Waals surface area contributed by atoms with E-state index < -0.39 is 0 Å². The number of nitrogens with one attached hydrogen (secondary N) is 1. The SMILES string of the molecule is CN[C@H](C)[C@H]1CC[C@H]2[C@@H]3CC[C@H]4CC(=O)CC[C@]4(C)[C@H]3CC[C@]12C. The van der Waals surface area contributed by atoms with Gasteiger partial charge in [-0.25, -0.2) is 0 Å². The summed E-state index contributed by atoms with van der Waals surface area (Å²) in [6.45, 7) is 7.58. The van der Waals surface area contributed by atoms with Crippen LogP contribution < -0.4 is 5.32 Å². The second kappa shape index (κ2) is 5.83. The molecule has 4 saturated carbocycles. The predicted octanol–water partition coefficient (Wildman–Crippen LogP) is 4.82. The number of carbonyl (C=O) groups is 1. The quantitative estimate of drug-likeness (QED) is 0.786. The summed E-state index contributed by atoms with van der Waals surface area (Å²) >= 11 is 0. The molecule has 2 heteroatoms. The highest BCUT2D eigenvalue weighted by atomic mass is 16.1. The van der Waals surface area contributed by atoms with Crippen LogP contribution in [0.15, 0.2) is 0 Å². The molecule has 2 nitrogen and oxygen atoms in total. The Morgan fingerprint density at radius 3 is 2.50 bits per heavy atom. The van der Waals surface area contributed by atoms with Gasteiger partial charge in [-0.2, -0.15) is 0 Å². The van der Waals surface area contributed by atoms with E-state index in [9.17, 15) is 4.79 Å².